The predicted octanol–water partition coefficient (Wildman–Crippen LogP) is 2.32. The number of urea groups is 1. The van der Waals surface area contributed by atoms with Gasteiger partial charge in [0.1, 0.15) is 0 Å². The maximum absolute atomic E-state index is 12.3. The highest BCUT2D eigenvalue weighted by Crippen LogP contribution is 2.15. The summed E-state index contributed by atoms with van der Waals surface area (Å²) >= 11 is 0. The molecule has 23 heavy (non-hydrogen) atoms. The zero-order chi connectivity index (χ0) is 17.5. The second-order valence-corrected chi connectivity index (χ2v) is 6.72. The van der Waals surface area contributed by atoms with Crippen LogP contribution in [-0.2, 0) is 6.54 Å². The number of carbonyl (C=O) groups is 2. The fourth-order valence-corrected chi connectivity index (χ4v) is 2.14. The number of carboxylic acid groups (broad SMARTS) is 1. The number of rotatable bonds is 7. The zero-order valence-corrected chi connectivity index (χ0v) is 14.0. The SMILES string of the molecule is CC(C)(C)CN(CCCO)C(=O)NCc1ccc(C(=O)O)cc1. The molecule has 0 aromatic heterocycles. The number of hydrogen-bond acceptors (Lipinski definition) is 3. The van der Waals surface area contributed by atoms with E-state index in [9.17, 15) is 9.59 Å². The number of carboxylic acids is 1. The Balaban J connectivity index is 2.61. The van der Waals surface area contributed by atoms with Crippen LogP contribution in [0, 0.1) is 5.41 Å². The smallest absolute Gasteiger partial charge is 0.335 e. The molecule has 0 bridgehead atoms. The van der Waals surface area contributed by atoms with Crippen LogP contribution in [0.4, 0.5) is 4.79 Å². The third-order valence-corrected chi connectivity index (χ3v) is 3.18. The van der Waals surface area contributed by atoms with E-state index in [0.717, 1.165) is 5.56 Å². The Bertz CT molecular complexity index is 520. The van der Waals surface area contributed by atoms with Gasteiger partial charge in [0.05, 0.1) is 5.56 Å². The first-order valence-electron chi connectivity index (χ1n) is 7.69. The molecule has 0 aliphatic heterocycles. The van der Waals surface area contributed by atoms with Crippen molar-refractivity contribution >= 4 is 12.0 Å². The minimum atomic E-state index is -0.971. The molecule has 0 spiro atoms. The number of hydrogen-bond donors (Lipinski definition) is 3. The summed E-state index contributed by atoms with van der Waals surface area (Å²) in [6.07, 6.45) is 0.539. The molecule has 0 fully saturated rings. The number of nitrogens with zero attached hydrogens (tertiary/aromatic N) is 1. The van der Waals surface area contributed by atoms with Crippen LogP contribution in [-0.4, -0.2) is 46.8 Å². The molecule has 1 aromatic rings. The molecular formula is C17H26N2O4. The second-order valence-electron chi connectivity index (χ2n) is 6.72. The highest BCUT2D eigenvalue weighted by molar-refractivity contribution is 5.87. The van der Waals surface area contributed by atoms with Crippen molar-refractivity contribution in [1.29, 1.82) is 0 Å². The van der Waals surface area contributed by atoms with Crippen molar-refractivity contribution in [2.75, 3.05) is 19.7 Å². The monoisotopic (exact) mass is 322 g/mol. The number of nitrogens with one attached hydrogen (secondary N) is 1. The van der Waals surface area contributed by atoms with Gasteiger partial charge in [-0.25, -0.2) is 9.59 Å². The molecule has 0 aliphatic carbocycles. The van der Waals surface area contributed by atoms with Gasteiger partial charge in [-0.2, -0.15) is 0 Å². The lowest BCUT2D eigenvalue weighted by atomic mass is 9.96. The first-order valence-corrected chi connectivity index (χ1v) is 7.69. The van der Waals surface area contributed by atoms with Crippen molar-refractivity contribution < 1.29 is 19.8 Å². The van der Waals surface area contributed by atoms with Crippen LogP contribution >= 0.6 is 0 Å². The Kier molecular flexibility index (Phi) is 7.03. The molecule has 0 atom stereocenters. The van der Waals surface area contributed by atoms with Gasteiger partial charge in [-0.3, -0.25) is 0 Å². The van der Waals surface area contributed by atoms with Gasteiger partial charge in [-0.15, -0.1) is 0 Å². The molecule has 0 unspecified atom stereocenters. The fraction of sp³-hybridized carbons (Fsp3) is 0.529. The maximum Gasteiger partial charge on any atom is 0.335 e. The van der Waals surface area contributed by atoms with Gasteiger partial charge in [0.25, 0.3) is 0 Å². The first-order chi connectivity index (χ1) is 10.7. The van der Waals surface area contributed by atoms with Crippen molar-refractivity contribution in [3.63, 3.8) is 0 Å². The van der Waals surface area contributed by atoms with Gasteiger partial charge in [0.2, 0.25) is 0 Å². The number of aliphatic hydroxyl groups excluding tert-OH is 1. The summed E-state index contributed by atoms with van der Waals surface area (Å²) in [5.41, 5.74) is 1.02. The molecule has 6 nitrogen and oxygen atoms in total. The fourth-order valence-electron chi connectivity index (χ4n) is 2.14. The van der Waals surface area contributed by atoms with Gasteiger partial charge in [0.15, 0.2) is 0 Å². The van der Waals surface area contributed by atoms with Crippen LogP contribution in [0.25, 0.3) is 0 Å². The Morgan fingerprint density at radius 1 is 1.17 bits per heavy atom. The Morgan fingerprint density at radius 2 is 1.78 bits per heavy atom. The van der Waals surface area contributed by atoms with E-state index < -0.39 is 5.97 Å². The summed E-state index contributed by atoms with van der Waals surface area (Å²) < 4.78 is 0. The third-order valence-electron chi connectivity index (χ3n) is 3.18. The molecule has 1 aromatic carbocycles. The lowest BCUT2D eigenvalue weighted by Crippen LogP contribution is -2.44. The van der Waals surface area contributed by atoms with E-state index in [4.69, 9.17) is 10.2 Å². The number of carbonyl (C=O) groups excluding carboxylic acids is 1. The molecule has 6 heteroatoms. The standard InChI is InChI=1S/C17H26N2O4/c1-17(2,3)12-19(9-4-10-20)16(23)18-11-13-5-7-14(8-6-13)15(21)22/h5-8,20H,4,9-12H2,1-3H3,(H,18,23)(H,21,22). The summed E-state index contributed by atoms with van der Waals surface area (Å²) in [4.78, 5) is 24.8. The van der Waals surface area contributed by atoms with Gasteiger partial charge >= 0.3 is 12.0 Å². The largest absolute Gasteiger partial charge is 0.478 e. The summed E-state index contributed by atoms with van der Waals surface area (Å²) in [6, 6.07) is 6.22. The normalized spacial score (nSPS) is 11.1. The summed E-state index contributed by atoms with van der Waals surface area (Å²) in [5, 5.41) is 20.7. The summed E-state index contributed by atoms with van der Waals surface area (Å²) in [7, 11) is 0. The number of benzene rings is 1. The van der Waals surface area contributed by atoms with E-state index in [-0.39, 0.29) is 23.6 Å². The number of amides is 2. The van der Waals surface area contributed by atoms with Crippen molar-refractivity contribution in [3.8, 4) is 0 Å². The molecule has 0 radical (unpaired) electrons. The predicted molar refractivity (Wildman–Crippen MR) is 88.4 cm³/mol. The minimum Gasteiger partial charge on any atom is -0.478 e. The lowest BCUT2D eigenvalue weighted by molar-refractivity contribution is 0.0697. The second kappa shape index (κ2) is 8.53. The van der Waals surface area contributed by atoms with Gasteiger partial charge < -0.3 is 20.4 Å². The van der Waals surface area contributed by atoms with Crippen molar-refractivity contribution in [3.05, 3.63) is 35.4 Å². The van der Waals surface area contributed by atoms with E-state index in [1.165, 1.54) is 12.1 Å². The Hall–Kier alpha value is -2.08. The van der Waals surface area contributed by atoms with Crippen LogP contribution < -0.4 is 5.32 Å². The van der Waals surface area contributed by atoms with E-state index in [0.29, 0.717) is 26.1 Å². The highest BCUT2D eigenvalue weighted by Gasteiger charge is 2.20. The Labute approximate surface area is 137 Å². The molecule has 1 rings (SSSR count). The topological polar surface area (TPSA) is 89.9 Å². The molecule has 2 amide bonds. The van der Waals surface area contributed by atoms with Gasteiger partial charge in [0, 0.05) is 26.2 Å². The summed E-state index contributed by atoms with van der Waals surface area (Å²) in [6.45, 7) is 7.63. The van der Waals surface area contributed by atoms with Crippen LogP contribution in [0.1, 0.15) is 43.1 Å². The average molecular weight is 322 g/mol. The molecular weight excluding hydrogens is 296 g/mol. The minimum absolute atomic E-state index is 0.0318. The molecule has 0 heterocycles. The van der Waals surface area contributed by atoms with Crippen LogP contribution in [0.15, 0.2) is 24.3 Å². The number of aromatic carboxylic acids is 1. The molecule has 0 saturated carbocycles. The van der Waals surface area contributed by atoms with Crippen LogP contribution in [0.5, 0.6) is 0 Å². The van der Waals surface area contributed by atoms with Crippen LogP contribution in [0.3, 0.4) is 0 Å². The quantitative estimate of drug-likeness (QED) is 0.718. The number of aliphatic hydroxyl groups is 1. The third kappa shape index (κ3) is 7.15. The van der Waals surface area contributed by atoms with Gasteiger partial charge in [-0.05, 0) is 29.5 Å². The molecule has 3 N–H and O–H groups in total. The molecule has 0 saturated heterocycles. The van der Waals surface area contributed by atoms with Crippen molar-refractivity contribution in [2.45, 2.75) is 33.7 Å². The molecule has 128 valence electrons. The van der Waals surface area contributed by atoms with E-state index in [1.54, 1.807) is 17.0 Å². The maximum atomic E-state index is 12.3. The van der Waals surface area contributed by atoms with Crippen molar-refractivity contribution in [2.24, 2.45) is 5.41 Å². The average Bonchev–Trinajstić information content (AvgIpc) is 2.48. The Morgan fingerprint density at radius 3 is 2.26 bits per heavy atom. The first kappa shape index (κ1) is 19.0. The van der Waals surface area contributed by atoms with Crippen LogP contribution in [0.2, 0.25) is 0 Å². The molecule has 0 aliphatic rings. The van der Waals surface area contributed by atoms with E-state index in [2.05, 4.69) is 26.1 Å². The lowest BCUT2D eigenvalue weighted by Gasteiger charge is -2.30. The summed E-state index contributed by atoms with van der Waals surface area (Å²) in [5.74, 6) is -0.971. The highest BCUT2D eigenvalue weighted by atomic mass is 16.4. The van der Waals surface area contributed by atoms with E-state index >= 15 is 0 Å². The zero-order valence-electron chi connectivity index (χ0n) is 14.0. The van der Waals surface area contributed by atoms with Gasteiger partial charge in [-0.1, -0.05) is 32.9 Å². The van der Waals surface area contributed by atoms with E-state index in [1.807, 2.05) is 0 Å². The van der Waals surface area contributed by atoms with Crippen molar-refractivity contribution in [1.82, 2.24) is 10.2 Å².